The van der Waals surface area contributed by atoms with Crippen molar-refractivity contribution in [2.45, 2.75) is 5.38 Å². The lowest BCUT2D eigenvalue weighted by molar-refractivity contribution is 0.0551. The maximum absolute atomic E-state index is 14.6. The maximum Gasteiger partial charge on any atom is 0.400 e. The molecule has 1 N–H and O–H groups in total. The summed E-state index contributed by atoms with van der Waals surface area (Å²) in [6, 6.07) is 8.16. The highest BCUT2D eigenvalue weighted by molar-refractivity contribution is 7.72. The molecule has 3 aromatic rings. The van der Waals surface area contributed by atoms with Gasteiger partial charge in [0.15, 0.2) is 7.29 Å². The Morgan fingerprint density at radius 1 is 1.18 bits per heavy atom. The second-order valence-electron chi connectivity index (χ2n) is 5.72. The molecule has 0 radical (unpaired) electrons. The van der Waals surface area contributed by atoms with Crippen LogP contribution in [0.3, 0.4) is 0 Å². The molecule has 3 rings (SSSR count). The Balaban J connectivity index is 1.93. The van der Waals surface area contributed by atoms with E-state index in [1.807, 2.05) is 0 Å². The van der Waals surface area contributed by atoms with Crippen LogP contribution in [0.4, 0.5) is 18.9 Å². The van der Waals surface area contributed by atoms with E-state index in [4.69, 9.17) is 34.8 Å². The number of halogens is 6. The van der Waals surface area contributed by atoms with E-state index >= 15 is 0 Å². The fourth-order valence-corrected chi connectivity index (χ4v) is 4.65. The molecule has 0 aliphatic heterocycles. The van der Waals surface area contributed by atoms with E-state index in [-0.39, 0.29) is 32.4 Å². The van der Waals surface area contributed by atoms with E-state index in [0.717, 1.165) is 6.07 Å². The van der Waals surface area contributed by atoms with Crippen molar-refractivity contribution >= 4 is 53.1 Å². The predicted octanol–water partition coefficient (Wildman–Crippen LogP) is 6.12. The summed E-state index contributed by atoms with van der Waals surface area (Å²) >= 11 is 16.9. The normalized spacial score (nSPS) is 14.0. The van der Waals surface area contributed by atoms with Gasteiger partial charge < -0.3 is 9.61 Å². The molecule has 28 heavy (non-hydrogen) atoms. The Bertz CT molecular complexity index is 1070. The fraction of sp³-hybridized carbons (Fsp3) is 0.125. The third-order valence-electron chi connectivity index (χ3n) is 3.62. The molecule has 0 fully saturated rings. The van der Waals surface area contributed by atoms with Crippen LogP contribution in [-0.2, 0) is 9.95 Å². The first-order valence-electron chi connectivity index (χ1n) is 7.50. The Morgan fingerprint density at radius 2 is 1.82 bits per heavy atom. The summed E-state index contributed by atoms with van der Waals surface area (Å²) in [4.78, 5) is 3.43. The van der Waals surface area contributed by atoms with E-state index in [2.05, 4.69) is 19.8 Å². The van der Waals surface area contributed by atoms with Gasteiger partial charge in [-0.25, -0.2) is 4.39 Å². The zero-order chi connectivity index (χ0) is 20.7. The van der Waals surface area contributed by atoms with Crippen LogP contribution in [0.2, 0.25) is 10.0 Å². The van der Waals surface area contributed by atoms with E-state index in [9.17, 15) is 17.7 Å². The average Bonchev–Trinajstić information content (AvgIpc) is 3.08. The van der Waals surface area contributed by atoms with Gasteiger partial charge in [0.25, 0.3) is 0 Å². The van der Waals surface area contributed by atoms with Gasteiger partial charge in [0, 0.05) is 12.2 Å². The van der Waals surface area contributed by atoms with Gasteiger partial charge in [-0.15, -0.1) is 0 Å². The van der Waals surface area contributed by atoms with Crippen LogP contribution in [0.25, 0.3) is 11.4 Å². The van der Waals surface area contributed by atoms with Crippen LogP contribution in [-0.4, -0.2) is 16.8 Å². The van der Waals surface area contributed by atoms with Crippen LogP contribution in [0, 0.1) is 5.82 Å². The largest absolute Gasteiger partial charge is 0.400 e. The van der Waals surface area contributed by atoms with Crippen LogP contribution in [0.1, 0.15) is 5.89 Å². The highest BCUT2D eigenvalue weighted by Crippen LogP contribution is 2.45. The van der Waals surface area contributed by atoms with Gasteiger partial charge in [0.05, 0.1) is 21.0 Å². The summed E-state index contributed by atoms with van der Waals surface area (Å²) in [6.07, 6.45) is 0. The minimum atomic E-state index is -3.85. The molecule has 1 aromatic heterocycles. The Morgan fingerprint density at radius 3 is 2.36 bits per heavy atom. The molecule has 5 nitrogen and oxygen atoms in total. The molecule has 0 spiro atoms. The van der Waals surface area contributed by atoms with Gasteiger partial charge in [-0.3, -0.25) is 4.57 Å². The summed E-state index contributed by atoms with van der Waals surface area (Å²) in [7, 11) is -3.49. The zero-order valence-electron chi connectivity index (χ0n) is 13.9. The molecule has 148 valence electrons. The van der Waals surface area contributed by atoms with Crippen molar-refractivity contribution < 1.29 is 22.3 Å². The second kappa shape index (κ2) is 7.59. The molecule has 0 saturated heterocycles. The number of nitrogens with one attached hydrogen (secondary N) is 1. The number of benzene rings is 2. The van der Waals surface area contributed by atoms with E-state index in [1.165, 1.54) is 30.9 Å². The standard InChI is InChI=1S/C16H10Cl3F3N3O2P/c1-28(26,25-13-9(17)3-2-4-10(13)18)12-6-5-8(7-11(12)20)14-23-15(27-24-14)16(19,21)22/h2-7H,1H3,(H,25,26). The molecule has 0 bridgehead atoms. The predicted molar refractivity (Wildman–Crippen MR) is 103 cm³/mol. The molecule has 1 heterocycles. The molecule has 0 aliphatic carbocycles. The van der Waals surface area contributed by atoms with E-state index in [1.54, 1.807) is 6.07 Å². The van der Waals surface area contributed by atoms with Crippen molar-refractivity contribution in [1.82, 2.24) is 10.1 Å². The summed E-state index contributed by atoms with van der Waals surface area (Å²) < 4.78 is 58.0. The Labute approximate surface area is 172 Å². The van der Waals surface area contributed by atoms with Crippen molar-refractivity contribution in [3.8, 4) is 11.4 Å². The molecule has 1 atom stereocenters. The quantitative estimate of drug-likeness (QED) is 0.360. The molecule has 12 heteroatoms. The van der Waals surface area contributed by atoms with Gasteiger partial charge in [-0.2, -0.15) is 13.8 Å². The fourth-order valence-electron chi connectivity index (χ4n) is 2.33. The van der Waals surface area contributed by atoms with Gasteiger partial charge in [-0.05, 0) is 35.9 Å². The maximum atomic E-state index is 14.6. The number of nitrogens with zero attached hydrogens (tertiary/aromatic N) is 2. The number of rotatable bonds is 5. The lowest BCUT2D eigenvalue weighted by Crippen LogP contribution is -2.15. The summed E-state index contributed by atoms with van der Waals surface area (Å²) in [6.45, 7) is 1.30. The zero-order valence-corrected chi connectivity index (χ0v) is 17.1. The SMILES string of the molecule is CP(=O)(Nc1c(Cl)cccc1Cl)c1ccc(-c2noc(C(F)(F)Cl)n2)cc1F. The van der Waals surface area contributed by atoms with Crippen LogP contribution in [0.5, 0.6) is 0 Å². The van der Waals surface area contributed by atoms with Crippen molar-refractivity contribution in [3.63, 3.8) is 0 Å². The minimum Gasteiger partial charge on any atom is -0.331 e. The van der Waals surface area contributed by atoms with Crippen molar-refractivity contribution in [2.24, 2.45) is 0 Å². The van der Waals surface area contributed by atoms with Gasteiger partial charge in [0.1, 0.15) is 5.82 Å². The lowest BCUT2D eigenvalue weighted by atomic mass is 10.2. The first-order valence-corrected chi connectivity index (χ1v) is 10.8. The number of hydrogen-bond acceptors (Lipinski definition) is 4. The van der Waals surface area contributed by atoms with Crippen LogP contribution >= 0.6 is 42.1 Å². The molecule has 0 saturated carbocycles. The third-order valence-corrected chi connectivity index (χ3v) is 6.35. The van der Waals surface area contributed by atoms with Crippen molar-refractivity contribution in [1.29, 1.82) is 0 Å². The van der Waals surface area contributed by atoms with Crippen LogP contribution in [0.15, 0.2) is 40.9 Å². The smallest absolute Gasteiger partial charge is 0.331 e. The third kappa shape index (κ3) is 4.30. The van der Waals surface area contributed by atoms with Gasteiger partial charge >= 0.3 is 11.3 Å². The van der Waals surface area contributed by atoms with Crippen LogP contribution < -0.4 is 10.4 Å². The van der Waals surface area contributed by atoms with Crippen molar-refractivity contribution in [2.75, 3.05) is 11.8 Å². The summed E-state index contributed by atoms with van der Waals surface area (Å²) in [5.74, 6) is -2.29. The number of para-hydroxylation sites is 1. The number of anilines is 1. The summed E-state index contributed by atoms with van der Waals surface area (Å²) in [5, 5.41) is 2.45. The second-order valence-corrected chi connectivity index (χ2v) is 9.56. The molecule has 0 amide bonds. The number of hydrogen-bond donors (Lipinski definition) is 1. The minimum absolute atomic E-state index is 0.0351. The first kappa shape index (κ1) is 21.0. The topological polar surface area (TPSA) is 68.0 Å². The highest BCUT2D eigenvalue weighted by atomic mass is 35.5. The molecule has 1 unspecified atom stereocenters. The molecule has 0 aliphatic rings. The Kier molecular flexibility index (Phi) is 5.69. The van der Waals surface area contributed by atoms with E-state index in [0.29, 0.717) is 0 Å². The van der Waals surface area contributed by atoms with Gasteiger partial charge in [-0.1, -0.05) is 40.5 Å². The monoisotopic (exact) mass is 469 g/mol. The molecular weight excluding hydrogens is 461 g/mol. The first-order chi connectivity index (χ1) is 13.0. The number of aromatic nitrogens is 2. The average molecular weight is 471 g/mol. The number of alkyl halides is 3. The van der Waals surface area contributed by atoms with Gasteiger partial charge in [0.2, 0.25) is 5.82 Å². The lowest BCUT2D eigenvalue weighted by Gasteiger charge is -2.19. The molecular formula is C16H10Cl3F3N3O2P. The van der Waals surface area contributed by atoms with E-state index < -0.39 is 24.4 Å². The Hall–Kier alpha value is -1.73. The summed E-state index contributed by atoms with van der Waals surface area (Å²) in [5.41, 5.74) is 0.236. The highest BCUT2D eigenvalue weighted by Gasteiger charge is 2.36. The molecule has 2 aromatic carbocycles. The van der Waals surface area contributed by atoms with Crippen molar-refractivity contribution in [3.05, 3.63) is 58.2 Å².